The van der Waals surface area contributed by atoms with E-state index in [1.165, 1.54) is 11.3 Å². The number of amides is 1. The Balaban J connectivity index is 1.48. The molecule has 27 heavy (non-hydrogen) atoms. The lowest BCUT2D eigenvalue weighted by Gasteiger charge is -2.09. The molecular formula is C19H15N5O2S. The summed E-state index contributed by atoms with van der Waals surface area (Å²) in [5.41, 5.74) is 1.33. The number of benzene rings is 1. The van der Waals surface area contributed by atoms with E-state index >= 15 is 0 Å². The van der Waals surface area contributed by atoms with E-state index in [1.54, 1.807) is 65.8 Å². The van der Waals surface area contributed by atoms with E-state index in [2.05, 4.69) is 20.4 Å². The predicted octanol–water partition coefficient (Wildman–Crippen LogP) is 4.08. The Morgan fingerprint density at radius 3 is 2.74 bits per heavy atom. The highest BCUT2D eigenvalue weighted by molar-refractivity contribution is 7.08. The van der Waals surface area contributed by atoms with Gasteiger partial charge in [0.05, 0.1) is 5.56 Å². The first-order valence-electron chi connectivity index (χ1n) is 8.14. The summed E-state index contributed by atoms with van der Waals surface area (Å²) >= 11 is 1.48. The van der Waals surface area contributed by atoms with Gasteiger partial charge >= 0.3 is 0 Å². The van der Waals surface area contributed by atoms with Crippen LogP contribution >= 0.6 is 11.3 Å². The molecule has 8 heteroatoms. The van der Waals surface area contributed by atoms with E-state index in [4.69, 9.17) is 4.74 Å². The molecule has 0 aliphatic carbocycles. The quantitative estimate of drug-likeness (QED) is 0.567. The molecule has 1 N–H and O–H groups in total. The zero-order valence-corrected chi connectivity index (χ0v) is 15.2. The van der Waals surface area contributed by atoms with Crippen molar-refractivity contribution in [2.45, 2.75) is 6.92 Å². The Labute approximate surface area is 159 Å². The number of rotatable bonds is 5. The number of anilines is 1. The molecule has 0 bridgehead atoms. The maximum atomic E-state index is 12.1. The van der Waals surface area contributed by atoms with Gasteiger partial charge in [0.15, 0.2) is 5.82 Å². The van der Waals surface area contributed by atoms with E-state index in [-0.39, 0.29) is 5.91 Å². The molecule has 7 nitrogen and oxygen atoms in total. The molecule has 0 saturated carbocycles. The number of carbonyl (C=O) groups excluding carboxylic acids is 1. The minimum absolute atomic E-state index is 0.139. The lowest BCUT2D eigenvalue weighted by Crippen LogP contribution is -2.10. The Bertz CT molecular complexity index is 1040. The first kappa shape index (κ1) is 16.9. The molecule has 0 fully saturated rings. The van der Waals surface area contributed by atoms with Crippen LogP contribution in [-0.4, -0.2) is 25.7 Å². The molecule has 0 aliphatic heterocycles. The molecule has 1 aromatic carbocycles. The van der Waals surface area contributed by atoms with Crippen LogP contribution in [0, 0.1) is 6.92 Å². The number of ether oxygens (including phenoxy) is 1. The Kier molecular flexibility index (Phi) is 4.63. The second kappa shape index (κ2) is 7.38. The third-order valence-electron chi connectivity index (χ3n) is 3.66. The summed E-state index contributed by atoms with van der Waals surface area (Å²) in [4.78, 5) is 20.7. The van der Waals surface area contributed by atoms with Gasteiger partial charge in [-0.25, -0.2) is 9.67 Å². The van der Waals surface area contributed by atoms with Crippen LogP contribution in [0.25, 0.3) is 5.82 Å². The summed E-state index contributed by atoms with van der Waals surface area (Å²) in [6.45, 7) is 1.79. The number of nitrogens with one attached hydrogen (secondary N) is 1. The average Bonchev–Trinajstić information content (AvgIpc) is 3.37. The van der Waals surface area contributed by atoms with Crippen LogP contribution in [-0.2, 0) is 0 Å². The number of thiophene rings is 1. The van der Waals surface area contributed by atoms with E-state index < -0.39 is 0 Å². The first-order valence-corrected chi connectivity index (χ1v) is 9.09. The van der Waals surface area contributed by atoms with Gasteiger partial charge in [0.25, 0.3) is 5.91 Å². The minimum atomic E-state index is -0.139. The zero-order valence-electron chi connectivity index (χ0n) is 14.4. The van der Waals surface area contributed by atoms with Gasteiger partial charge in [0.1, 0.15) is 11.6 Å². The predicted molar refractivity (Wildman–Crippen MR) is 103 cm³/mol. The van der Waals surface area contributed by atoms with E-state index in [1.807, 2.05) is 11.4 Å². The number of carbonyl (C=O) groups is 1. The summed E-state index contributed by atoms with van der Waals surface area (Å²) in [5.74, 6) is 2.09. The van der Waals surface area contributed by atoms with Crippen molar-refractivity contribution in [1.82, 2.24) is 19.7 Å². The van der Waals surface area contributed by atoms with E-state index in [0.29, 0.717) is 34.5 Å². The largest absolute Gasteiger partial charge is 0.439 e. The van der Waals surface area contributed by atoms with Gasteiger partial charge in [-0.1, -0.05) is 0 Å². The van der Waals surface area contributed by atoms with Crippen molar-refractivity contribution in [1.29, 1.82) is 0 Å². The summed E-state index contributed by atoms with van der Waals surface area (Å²) in [7, 11) is 0. The molecular weight excluding hydrogens is 362 g/mol. The average molecular weight is 377 g/mol. The SMILES string of the molecule is Cc1nc(Oc2ccc(NC(=O)c3ccsc3)cc2)cc(-n2cccn2)n1. The van der Waals surface area contributed by atoms with Crippen LogP contribution < -0.4 is 10.1 Å². The number of hydrogen-bond acceptors (Lipinski definition) is 6. The van der Waals surface area contributed by atoms with Crippen molar-refractivity contribution in [2.24, 2.45) is 0 Å². The summed E-state index contributed by atoms with van der Waals surface area (Å²) in [6, 6.07) is 12.4. The topological polar surface area (TPSA) is 81.9 Å². The molecule has 4 aromatic rings. The van der Waals surface area contributed by atoms with Gasteiger partial charge in [-0.2, -0.15) is 21.4 Å². The molecule has 0 radical (unpaired) electrons. The highest BCUT2D eigenvalue weighted by Crippen LogP contribution is 2.23. The second-order valence-electron chi connectivity index (χ2n) is 5.65. The number of hydrogen-bond donors (Lipinski definition) is 1. The Morgan fingerprint density at radius 1 is 1.19 bits per heavy atom. The molecule has 3 heterocycles. The molecule has 0 spiro atoms. The third-order valence-corrected chi connectivity index (χ3v) is 4.34. The molecule has 0 aliphatic rings. The standard InChI is InChI=1S/C19H15N5O2S/c1-13-21-17(24-9-2-8-20-24)11-18(22-13)26-16-5-3-15(4-6-16)23-19(25)14-7-10-27-12-14/h2-12H,1H3,(H,23,25). The van der Waals surface area contributed by atoms with Crippen molar-refractivity contribution in [3.8, 4) is 17.4 Å². The van der Waals surface area contributed by atoms with Crippen molar-refractivity contribution < 1.29 is 9.53 Å². The number of nitrogens with zero attached hydrogens (tertiary/aromatic N) is 4. The third kappa shape index (κ3) is 4.01. The smallest absolute Gasteiger partial charge is 0.256 e. The fourth-order valence-corrected chi connectivity index (χ4v) is 3.06. The fraction of sp³-hybridized carbons (Fsp3) is 0.0526. The zero-order chi connectivity index (χ0) is 18.6. The molecule has 3 aromatic heterocycles. The van der Waals surface area contributed by atoms with Gasteiger partial charge in [0.2, 0.25) is 5.88 Å². The Hall–Kier alpha value is -3.52. The number of aromatic nitrogens is 4. The lowest BCUT2D eigenvalue weighted by atomic mass is 10.2. The van der Waals surface area contributed by atoms with Crippen LogP contribution in [0.2, 0.25) is 0 Å². The summed E-state index contributed by atoms with van der Waals surface area (Å²) in [5, 5.41) is 10.7. The van der Waals surface area contributed by atoms with Gasteiger partial charge in [-0.15, -0.1) is 0 Å². The van der Waals surface area contributed by atoms with Gasteiger partial charge in [0, 0.05) is 29.5 Å². The summed E-state index contributed by atoms with van der Waals surface area (Å²) in [6.07, 6.45) is 3.48. The fourth-order valence-electron chi connectivity index (χ4n) is 2.42. The normalized spacial score (nSPS) is 10.6. The van der Waals surface area contributed by atoms with Crippen molar-refractivity contribution >= 4 is 22.9 Å². The van der Waals surface area contributed by atoms with Crippen LogP contribution in [0.4, 0.5) is 5.69 Å². The van der Waals surface area contributed by atoms with E-state index in [0.717, 1.165) is 0 Å². The summed E-state index contributed by atoms with van der Waals surface area (Å²) < 4.78 is 7.47. The monoisotopic (exact) mass is 377 g/mol. The molecule has 4 rings (SSSR count). The van der Waals surface area contributed by atoms with Crippen molar-refractivity contribution in [3.63, 3.8) is 0 Å². The van der Waals surface area contributed by atoms with Crippen LogP contribution in [0.5, 0.6) is 11.6 Å². The number of aryl methyl sites for hydroxylation is 1. The van der Waals surface area contributed by atoms with Crippen molar-refractivity contribution in [3.05, 3.63) is 77.0 Å². The molecule has 0 atom stereocenters. The Morgan fingerprint density at radius 2 is 2.04 bits per heavy atom. The van der Waals surface area contributed by atoms with Crippen LogP contribution in [0.15, 0.2) is 65.6 Å². The maximum absolute atomic E-state index is 12.1. The van der Waals surface area contributed by atoms with Crippen molar-refractivity contribution in [2.75, 3.05) is 5.32 Å². The van der Waals surface area contributed by atoms with Crippen LogP contribution in [0.3, 0.4) is 0 Å². The van der Waals surface area contributed by atoms with Gasteiger partial charge in [-0.05, 0) is 48.7 Å². The van der Waals surface area contributed by atoms with E-state index in [9.17, 15) is 4.79 Å². The minimum Gasteiger partial charge on any atom is -0.439 e. The lowest BCUT2D eigenvalue weighted by molar-refractivity contribution is 0.102. The second-order valence-corrected chi connectivity index (χ2v) is 6.43. The highest BCUT2D eigenvalue weighted by atomic mass is 32.1. The molecule has 0 unspecified atom stereocenters. The maximum Gasteiger partial charge on any atom is 0.256 e. The first-order chi connectivity index (χ1) is 13.2. The van der Waals surface area contributed by atoms with Crippen LogP contribution in [0.1, 0.15) is 16.2 Å². The highest BCUT2D eigenvalue weighted by Gasteiger charge is 2.08. The van der Waals surface area contributed by atoms with Gasteiger partial charge < -0.3 is 10.1 Å². The molecule has 0 saturated heterocycles. The van der Waals surface area contributed by atoms with Gasteiger partial charge in [-0.3, -0.25) is 4.79 Å². The molecule has 134 valence electrons. The molecule has 1 amide bonds.